The maximum atomic E-state index is 10.4. The van der Waals surface area contributed by atoms with E-state index in [-0.39, 0.29) is 5.60 Å². The third kappa shape index (κ3) is 3.12. The Balaban J connectivity index is 2.08. The van der Waals surface area contributed by atoms with Crippen LogP contribution in [0, 0.1) is 13.8 Å². The van der Waals surface area contributed by atoms with Gasteiger partial charge in [0.2, 0.25) is 0 Å². The average Bonchev–Trinajstić information content (AvgIpc) is 2.28. The van der Waals surface area contributed by atoms with Gasteiger partial charge in [-0.1, -0.05) is 29.3 Å². The van der Waals surface area contributed by atoms with E-state index < -0.39 is 6.10 Å². The molecule has 2 unspecified atom stereocenters. The van der Waals surface area contributed by atoms with E-state index in [1.54, 1.807) is 0 Å². The largest absolute Gasteiger partial charge is 0.390 e. The molecule has 18 heavy (non-hydrogen) atoms. The second-order valence-corrected chi connectivity index (χ2v) is 5.83. The van der Waals surface area contributed by atoms with Gasteiger partial charge in [-0.3, -0.25) is 0 Å². The Labute approximate surface area is 110 Å². The highest BCUT2D eigenvalue weighted by atomic mass is 16.5. The van der Waals surface area contributed by atoms with E-state index in [9.17, 15) is 5.11 Å². The van der Waals surface area contributed by atoms with E-state index in [1.165, 1.54) is 16.7 Å². The summed E-state index contributed by atoms with van der Waals surface area (Å²) in [6.45, 7) is 7.02. The molecule has 2 heteroatoms. The molecule has 100 valence electrons. The molecule has 2 rings (SSSR count). The topological polar surface area (TPSA) is 29.5 Å². The standard InChI is InChI=1S/C16H24O2/c1-12-8-13(2)10-14(9-12)11-15(17)16(3)6-4-5-7-18-16/h8-10,15,17H,4-7,11H2,1-3H3. The summed E-state index contributed by atoms with van der Waals surface area (Å²) in [5.74, 6) is 0. The highest BCUT2D eigenvalue weighted by Gasteiger charge is 2.35. The van der Waals surface area contributed by atoms with Crippen molar-refractivity contribution < 1.29 is 9.84 Å². The number of aryl methyl sites for hydroxylation is 2. The zero-order valence-electron chi connectivity index (χ0n) is 11.7. The Morgan fingerprint density at radius 1 is 1.22 bits per heavy atom. The van der Waals surface area contributed by atoms with Gasteiger partial charge in [0.1, 0.15) is 0 Å². The van der Waals surface area contributed by atoms with Crippen LogP contribution >= 0.6 is 0 Å². The summed E-state index contributed by atoms with van der Waals surface area (Å²) in [5.41, 5.74) is 3.35. The molecule has 1 aromatic rings. The predicted molar refractivity (Wildman–Crippen MR) is 73.8 cm³/mol. The minimum Gasteiger partial charge on any atom is -0.390 e. The van der Waals surface area contributed by atoms with Crippen molar-refractivity contribution >= 4 is 0 Å². The van der Waals surface area contributed by atoms with Crippen LogP contribution in [0.2, 0.25) is 0 Å². The number of aliphatic hydroxyl groups excluding tert-OH is 1. The van der Waals surface area contributed by atoms with Gasteiger partial charge in [-0.2, -0.15) is 0 Å². The van der Waals surface area contributed by atoms with E-state index >= 15 is 0 Å². The molecule has 1 N–H and O–H groups in total. The number of hydrogen-bond donors (Lipinski definition) is 1. The SMILES string of the molecule is Cc1cc(C)cc(CC(O)C2(C)CCCCO2)c1. The molecule has 1 aromatic carbocycles. The lowest BCUT2D eigenvalue weighted by Crippen LogP contribution is -2.45. The van der Waals surface area contributed by atoms with Gasteiger partial charge in [-0.25, -0.2) is 0 Å². The number of benzene rings is 1. The van der Waals surface area contributed by atoms with Crippen LogP contribution in [-0.4, -0.2) is 23.4 Å². The van der Waals surface area contributed by atoms with Gasteiger partial charge in [-0.15, -0.1) is 0 Å². The fourth-order valence-electron chi connectivity index (χ4n) is 2.84. The van der Waals surface area contributed by atoms with Crippen LogP contribution in [0.1, 0.15) is 42.9 Å². The van der Waals surface area contributed by atoms with Crippen molar-refractivity contribution in [3.8, 4) is 0 Å². The second-order valence-electron chi connectivity index (χ2n) is 5.83. The van der Waals surface area contributed by atoms with Gasteiger partial charge in [0.15, 0.2) is 0 Å². The molecule has 0 radical (unpaired) electrons. The number of hydrogen-bond acceptors (Lipinski definition) is 2. The van der Waals surface area contributed by atoms with Crippen molar-refractivity contribution in [1.29, 1.82) is 0 Å². The molecule has 0 bridgehead atoms. The minimum absolute atomic E-state index is 0.365. The lowest BCUT2D eigenvalue weighted by atomic mass is 9.86. The van der Waals surface area contributed by atoms with Crippen molar-refractivity contribution in [3.05, 3.63) is 34.9 Å². The quantitative estimate of drug-likeness (QED) is 0.890. The van der Waals surface area contributed by atoms with Crippen molar-refractivity contribution in [2.75, 3.05) is 6.61 Å². The van der Waals surface area contributed by atoms with Gasteiger partial charge in [0.05, 0.1) is 11.7 Å². The highest BCUT2D eigenvalue weighted by molar-refractivity contribution is 5.29. The average molecular weight is 248 g/mol. The molecule has 0 spiro atoms. The van der Waals surface area contributed by atoms with E-state index in [0.29, 0.717) is 6.42 Å². The zero-order chi connectivity index (χ0) is 13.2. The highest BCUT2D eigenvalue weighted by Crippen LogP contribution is 2.29. The van der Waals surface area contributed by atoms with Crippen LogP contribution in [0.3, 0.4) is 0 Å². The van der Waals surface area contributed by atoms with Crippen molar-refractivity contribution in [1.82, 2.24) is 0 Å². The Kier molecular flexibility index (Phi) is 4.08. The van der Waals surface area contributed by atoms with Gasteiger partial charge in [-0.05, 0) is 45.6 Å². The molecule has 1 saturated heterocycles. The van der Waals surface area contributed by atoms with Crippen molar-refractivity contribution in [3.63, 3.8) is 0 Å². The molecule has 1 aliphatic heterocycles. The zero-order valence-corrected chi connectivity index (χ0v) is 11.7. The van der Waals surface area contributed by atoms with Gasteiger partial charge < -0.3 is 9.84 Å². The first kappa shape index (κ1) is 13.6. The maximum Gasteiger partial charge on any atom is 0.0915 e. The molecule has 0 saturated carbocycles. The lowest BCUT2D eigenvalue weighted by molar-refractivity contribution is -0.135. The van der Waals surface area contributed by atoms with Gasteiger partial charge in [0.25, 0.3) is 0 Å². The van der Waals surface area contributed by atoms with E-state index in [2.05, 4.69) is 32.0 Å². The Morgan fingerprint density at radius 3 is 2.44 bits per heavy atom. The van der Waals surface area contributed by atoms with Gasteiger partial charge in [0, 0.05) is 13.0 Å². The predicted octanol–water partition coefficient (Wildman–Crippen LogP) is 3.17. The Morgan fingerprint density at radius 2 is 1.89 bits per heavy atom. The summed E-state index contributed by atoms with van der Waals surface area (Å²) in [6.07, 6.45) is 3.49. The molecule has 1 fully saturated rings. The van der Waals surface area contributed by atoms with Crippen molar-refractivity contribution in [2.45, 2.75) is 58.2 Å². The third-order valence-corrected chi connectivity index (χ3v) is 3.91. The normalized spacial score (nSPS) is 26.0. The molecular formula is C16H24O2. The van der Waals surface area contributed by atoms with E-state index in [1.807, 2.05) is 6.92 Å². The number of rotatable bonds is 3. The summed E-state index contributed by atoms with van der Waals surface area (Å²) >= 11 is 0. The lowest BCUT2D eigenvalue weighted by Gasteiger charge is -2.38. The smallest absolute Gasteiger partial charge is 0.0915 e. The van der Waals surface area contributed by atoms with E-state index in [4.69, 9.17) is 4.74 Å². The summed E-state index contributed by atoms with van der Waals surface area (Å²) in [7, 11) is 0. The summed E-state index contributed by atoms with van der Waals surface area (Å²) in [5, 5.41) is 10.4. The summed E-state index contributed by atoms with van der Waals surface area (Å²) in [4.78, 5) is 0. The molecule has 0 aromatic heterocycles. The van der Waals surface area contributed by atoms with Crippen LogP contribution in [0.4, 0.5) is 0 Å². The van der Waals surface area contributed by atoms with Crippen LogP contribution in [0.25, 0.3) is 0 Å². The molecule has 2 nitrogen and oxygen atoms in total. The molecular weight excluding hydrogens is 224 g/mol. The number of aliphatic hydroxyl groups is 1. The first-order valence-electron chi connectivity index (χ1n) is 6.89. The van der Waals surface area contributed by atoms with Crippen LogP contribution in [0.15, 0.2) is 18.2 Å². The Bertz CT molecular complexity index is 385. The van der Waals surface area contributed by atoms with Crippen LogP contribution < -0.4 is 0 Å². The fourth-order valence-corrected chi connectivity index (χ4v) is 2.84. The number of ether oxygens (including phenoxy) is 1. The first-order valence-corrected chi connectivity index (χ1v) is 6.89. The molecule has 0 amide bonds. The van der Waals surface area contributed by atoms with Gasteiger partial charge >= 0.3 is 0 Å². The molecule has 1 aliphatic rings. The molecule has 2 atom stereocenters. The molecule has 0 aliphatic carbocycles. The summed E-state index contributed by atoms with van der Waals surface area (Å²) in [6, 6.07) is 6.47. The van der Waals surface area contributed by atoms with Crippen molar-refractivity contribution in [2.24, 2.45) is 0 Å². The monoisotopic (exact) mass is 248 g/mol. The third-order valence-electron chi connectivity index (χ3n) is 3.91. The summed E-state index contributed by atoms with van der Waals surface area (Å²) < 4.78 is 5.81. The fraction of sp³-hybridized carbons (Fsp3) is 0.625. The first-order chi connectivity index (χ1) is 8.49. The molecule has 1 heterocycles. The Hall–Kier alpha value is -0.860. The maximum absolute atomic E-state index is 10.4. The minimum atomic E-state index is -0.418. The van der Waals surface area contributed by atoms with Crippen LogP contribution in [0.5, 0.6) is 0 Å². The van der Waals surface area contributed by atoms with E-state index in [0.717, 1.165) is 25.9 Å². The second kappa shape index (κ2) is 5.41. The van der Waals surface area contributed by atoms with Crippen LogP contribution in [-0.2, 0) is 11.2 Å².